The Morgan fingerprint density at radius 2 is 1.85 bits per heavy atom. The van der Waals surface area contributed by atoms with Crippen molar-refractivity contribution in [3.63, 3.8) is 0 Å². The van der Waals surface area contributed by atoms with E-state index in [0.29, 0.717) is 11.9 Å². The van der Waals surface area contributed by atoms with Crippen molar-refractivity contribution in [3.8, 4) is 6.07 Å². The van der Waals surface area contributed by atoms with Crippen LogP contribution in [0.4, 0.5) is 11.9 Å². The maximum Gasteiger partial charge on any atom is 0.229 e. The highest BCUT2D eigenvalue weighted by Crippen LogP contribution is 2.30. The molecule has 1 aromatic heterocycles. The molecule has 1 saturated carbocycles. The molecule has 0 radical (unpaired) electrons. The molecule has 2 rings (SSSR count). The molecule has 0 amide bonds. The maximum atomic E-state index is 11.5. The molecule has 1 aliphatic rings. The highest BCUT2D eigenvalue weighted by molar-refractivity contribution is 7.84. The molecule has 0 aromatic carbocycles. The van der Waals surface area contributed by atoms with Gasteiger partial charge in [0, 0.05) is 13.3 Å². The van der Waals surface area contributed by atoms with Gasteiger partial charge in [-0.05, 0) is 12.8 Å². The van der Waals surface area contributed by atoms with Crippen LogP contribution in [0, 0.1) is 11.3 Å². The average Bonchev–Trinajstić information content (AvgIpc) is 2.47. The van der Waals surface area contributed by atoms with E-state index >= 15 is 0 Å². The van der Waals surface area contributed by atoms with Crippen LogP contribution >= 0.6 is 0 Å². The Morgan fingerprint density at radius 1 is 1.20 bits per heavy atom. The Balaban J connectivity index is 2.30. The third-order valence-corrected chi connectivity index (χ3v) is 4.06. The van der Waals surface area contributed by atoms with Crippen LogP contribution in [-0.4, -0.2) is 38.0 Å². The van der Waals surface area contributed by atoms with E-state index in [1.807, 2.05) is 0 Å². The zero-order valence-electron chi connectivity index (χ0n) is 11.6. The van der Waals surface area contributed by atoms with Crippen LogP contribution in [0.3, 0.4) is 0 Å². The minimum atomic E-state index is -1.30. The fraction of sp³-hybridized carbons (Fsp3) is 0.667. The number of hydrogen-bond donors (Lipinski definition) is 2. The van der Waals surface area contributed by atoms with Gasteiger partial charge in [0.05, 0.1) is 16.9 Å². The largest absolute Gasteiger partial charge is 0.357 e. The van der Waals surface area contributed by atoms with Crippen molar-refractivity contribution < 1.29 is 4.21 Å². The molecule has 0 bridgehead atoms. The van der Waals surface area contributed by atoms with Crippen LogP contribution in [0.15, 0.2) is 5.16 Å². The molecule has 8 heteroatoms. The van der Waals surface area contributed by atoms with Crippen molar-refractivity contribution in [1.29, 1.82) is 5.26 Å². The van der Waals surface area contributed by atoms with E-state index < -0.39 is 16.3 Å². The van der Waals surface area contributed by atoms with Gasteiger partial charge in [0.15, 0.2) is 0 Å². The third-order valence-electron chi connectivity index (χ3n) is 3.37. The molecule has 20 heavy (non-hydrogen) atoms. The quantitative estimate of drug-likeness (QED) is 0.862. The number of aromatic nitrogens is 3. The lowest BCUT2D eigenvalue weighted by Crippen LogP contribution is -2.39. The third kappa shape index (κ3) is 3.22. The summed E-state index contributed by atoms with van der Waals surface area (Å²) in [5.41, 5.74) is -0.628. The average molecular weight is 294 g/mol. The van der Waals surface area contributed by atoms with Gasteiger partial charge in [-0.25, -0.2) is 0 Å². The summed E-state index contributed by atoms with van der Waals surface area (Å²) in [6.07, 6.45) is 6.23. The molecule has 1 heterocycles. The molecule has 108 valence electrons. The highest BCUT2D eigenvalue weighted by Gasteiger charge is 2.33. The van der Waals surface area contributed by atoms with E-state index in [4.69, 9.17) is 0 Å². The number of nitriles is 1. The maximum absolute atomic E-state index is 11.5. The normalized spacial score (nSPS) is 18.9. The highest BCUT2D eigenvalue weighted by atomic mass is 32.2. The first-order valence-corrected chi connectivity index (χ1v) is 8.11. The first kappa shape index (κ1) is 14.7. The van der Waals surface area contributed by atoms with Gasteiger partial charge < -0.3 is 10.6 Å². The standard InChI is InChI=1S/C12H18N6OS/c1-14-9-15-10(17-11(16-9)20(2)19)18-12(8-13)6-4-3-5-7-12/h3-7H2,1-2H3,(H2,14,15,16,17,18). The second kappa shape index (κ2) is 6.13. The Kier molecular flexibility index (Phi) is 4.49. The summed E-state index contributed by atoms with van der Waals surface area (Å²) in [7, 11) is 0.384. The first-order chi connectivity index (χ1) is 9.58. The van der Waals surface area contributed by atoms with Crippen molar-refractivity contribution in [2.75, 3.05) is 23.9 Å². The first-order valence-electron chi connectivity index (χ1n) is 6.55. The number of nitrogens with one attached hydrogen (secondary N) is 2. The van der Waals surface area contributed by atoms with Gasteiger partial charge in [0.2, 0.25) is 17.1 Å². The van der Waals surface area contributed by atoms with Crippen molar-refractivity contribution in [1.82, 2.24) is 15.0 Å². The molecule has 2 N–H and O–H groups in total. The topological polar surface area (TPSA) is 104 Å². The Hall–Kier alpha value is -1.75. The fourth-order valence-corrected chi connectivity index (χ4v) is 2.72. The summed E-state index contributed by atoms with van der Waals surface area (Å²) in [5.74, 6) is 0.648. The summed E-state index contributed by atoms with van der Waals surface area (Å²) in [4.78, 5) is 12.4. The number of hydrogen-bond acceptors (Lipinski definition) is 7. The Morgan fingerprint density at radius 3 is 2.40 bits per heavy atom. The van der Waals surface area contributed by atoms with E-state index in [2.05, 4.69) is 31.7 Å². The van der Waals surface area contributed by atoms with Gasteiger partial charge >= 0.3 is 0 Å². The molecular weight excluding hydrogens is 276 g/mol. The Labute approximate surface area is 120 Å². The molecule has 1 aromatic rings. The SMILES string of the molecule is CNc1nc(NC2(C#N)CCCCC2)nc(S(C)=O)n1. The lowest BCUT2D eigenvalue weighted by molar-refractivity contribution is 0.390. The predicted octanol–water partition coefficient (Wildman–Crippen LogP) is 1.29. The Bertz CT molecular complexity index is 549. The smallest absolute Gasteiger partial charge is 0.229 e. The van der Waals surface area contributed by atoms with Crippen LogP contribution in [0.25, 0.3) is 0 Å². The number of nitrogens with zero attached hydrogens (tertiary/aromatic N) is 4. The van der Waals surface area contributed by atoms with Gasteiger partial charge in [-0.1, -0.05) is 19.3 Å². The van der Waals surface area contributed by atoms with Gasteiger partial charge in [-0.3, -0.25) is 4.21 Å². The van der Waals surface area contributed by atoms with Crippen molar-refractivity contribution >= 4 is 22.7 Å². The van der Waals surface area contributed by atoms with Crippen LogP contribution in [0.2, 0.25) is 0 Å². The van der Waals surface area contributed by atoms with Gasteiger partial charge in [0.1, 0.15) is 5.54 Å². The lowest BCUT2D eigenvalue weighted by Gasteiger charge is -2.31. The van der Waals surface area contributed by atoms with Gasteiger partial charge in [0.25, 0.3) is 0 Å². The van der Waals surface area contributed by atoms with Crippen molar-refractivity contribution in [2.45, 2.75) is 42.8 Å². The van der Waals surface area contributed by atoms with E-state index in [0.717, 1.165) is 32.1 Å². The van der Waals surface area contributed by atoms with Crippen LogP contribution < -0.4 is 10.6 Å². The minimum Gasteiger partial charge on any atom is -0.357 e. The van der Waals surface area contributed by atoms with E-state index in [9.17, 15) is 9.47 Å². The molecule has 1 unspecified atom stereocenters. The molecule has 0 aliphatic heterocycles. The number of anilines is 2. The monoisotopic (exact) mass is 294 g/mol. The van der Waals surface area contributed by atoms with E-state index in [1.165, 1.54) is 6.26 Å². The molecule has 1 aliphatic carbocycles. The minimum absolute atomic E-state index is 0.204. The summed E-state index contributed by atoms with van der Waals surface area (Å²) in [6, 6.07) is 2.34. The summed E-state index contributed by atoms with van der Waals surface area (Å²) in [5, 5.41) is 15.6. The summed E-state index contributed by atoms with van der Waals surface area (Å²) < 4.78 is 11.5. The molecule has 7 nitrogen and oxygen atoms in total. The van der Waals surface area contributed by atoms with Crippen LogP contribution in [0.1, 0.15) is 32.1 Å². The lowest BCUT2D eigenvalue weighted by atomic mass is 9.83. The molecule has 0 spiro atoms. The van der Waals surface area contributed by atoms with Gasteiger partial charge in [-0.15, -0.1) is 0 Å². The van der Waals surface area contributed by atoms with E-state index in [-0.39, 0.29) is 5.16 Å². The second-order valence-electron chi connectivity index (χ2n) is 4.85. The zero-order valence-corrected chi connectivity index (χ0v) is 12.5. The van der Waals surface area contributed by atoms with Crippen molar-refractivity contribution in [3.05, 3.63) is 0 Å². The number of rotatable bonds is 4. The second-order valence-corrected chi connectivity index (χ2v) is 6.12. The summed E-state index contributed by atoms with van der Waals surface area (Å²) in [6.45, 7) is 0. The van der Waals surface area contributed by atoms with Crippen molar-refractivity contribution in [2.24, 2.45) is 0 Å². The summed E-state index contributed by atoms with van der Waals surface area (Å²) >= 11 is 0. The van der Waals surface area contributed by atoms with E-state index in [1.54, 1.807) is 7.05 Å². The zero-order chi connectivity index (χ0) is 14.6. The van der Waals surface area contributed by atoms with Gasteiger partial charge in [-0.2, -0.15) is 20.2 Å². The fourth-order valence-electron chi connectivity index (χ4n) is 2.29. The molecular formula is C12H18N6OS. The predicted molar refractivity (Wildman–Crippen MR) is 76.8 cm³/mol. The molecule has 1 fully saturated rings. The van der Waals surface area contributed by atoms with Crippen LogP contribution in [-0.2, 0) is 10.8 Å². The molecule has 0 saturated heterocycles. The molecule has 1 atom stereocenters. The van der Waals surface area contributed by atoms with Crippen LogP contribution in [0.5, 0.6) is 0 Å².